The van der Waals surface area contributed by atoms with Crippen molar-refractivity contribution in [3.63, 3.8) is 0 Å². The highest BCUT2D eigenvalue weighted by Crippen LogP contribution is 2.23. The van der Waals surface area contributed by atoms with Crippen LogP contribution in [0.3, 0.4) is 0 Å². The molecule has 4 nitrogen and oxygen atoms in total. The van der Waals surface area contributed by atoms with Crippen molar-refractivity contribution in [1.29, 1.82) is 0 Å². The molecule has 0 unspecified atom stereocenters. The third-order valence-corrected chi connectivity index (χ3v) is 3.63. The Kier molecular flexibility index (Phi) is 5.28. The average molecular weight is 319 g/mol. The van der Waals surface area contributed by atoms with Gasteiger partial charge in [-0.1, -0.05) is 36.7 Å². The predicted octanol–water partition coefficient (Wildman–Crippen LogP) is 4.03. The Hall–Kier alpha value is -2.20. The molecule has 0 saturated carbocycles. The number of hydrogen-bond donors (Lipinski definition) is 2. The highest BCUT2D eigenvalue weighted by molar-refractivity contribution is 6.33. The summed E-state index contributed by atoms with van der Waals surface area (Å²) in [5.41, 5.74) is 7.74. The number of halogens is 1. The summed E-state index contributed by atoms with van der Waals surface area (Å²) < 4.78 is 5.81. The summed E-state index contributed by atoms with van der Waals surface area (Å²) in [6.07, 6.45) is -0.0125. The third kappa shape index (κ3) is 3.92. The van der Waals surface area contributed by atoms with E-state index in [1.54, 1.807) is 18.2 Å². The van der Waals surface area contributed by atoms with Crippen LogP contribution in [0.5, 0.6) is 5.75 Å². The lowest BCUT2D eigenvalue weighted by Gasteiger charge is -2.18. The molecule has 22 heavy (non-hydrogen) atoms. The average Bonchev–Trinajstić information content (AvgIpc) is 2.50. The van der Waals surface area contributed by atoms with E-state index in [0.29, 0.717) is 28.6 Å². The normalized spacial score (nSPS) is 11.8. The van der Waals surface area contributed by atoms with Crippen molar-refractivity contribution in [2.24, 2.45) is 0 Å². The first-order valence-corrected chi connectivity index (χ1v) is 7.47. The van der Waals surface area contributed by atoms with Crippen LogP contribution in [0.4, 0.5) is 11.4 Å². The van der Waals surface area contributed by atoms with Gasteiger partial charge < -0.3 is 15.8 Å². The van der Waals surface area contributed by atoms with Crippen molar-refractivity contribution < 1.29 is 9.53 Å². The molecule has 0 aliphatic rings. The number of nitrogen functional groups attached to an aromatic ring is 1. The zero-order chi connectivity index (χ0) is 16.1. The van der Waals surface area contributed by atoms with E-state index in [-0.39, 0.29) is 5.91 Å². The molecule has 3 N–H and O–H groups in total. The van der Waals surface area contributed by atoms with Crippen LogP contribution >= 0.6 is 11.6 Å². The Balaban J connectivity index is 2.08. The predicted molar refractivity (Wildman–Crippen MR) is 90.4 cm³/mol. The minimum atomic E-state index is -0.571. The van der Waals surface area contributed by atoms with Crippen LogP contribution in [0, 0.1) is 6.92 Å². The van der Waals surface area contributed by atoms with Gasteiger partial charge in [-0.25, -0.2) is 0 Å². The maximum atomic E-state index is 12.3. The molecule has 0 aliphatic carbocycles. The molecule has 116 valence electrons. The molecule has 0 aliphatic heterocycles. The Labute approximate surface area is 135 Å². The van der Waals surface area contributed by atoms with E-state index in [1.807, 2.05) is 38.1 Å². The van der Waals surface area contributed by atoms with Gasteiger partial charge in [0.05, 0.1) is 10.7 Å². The van der Waals surface area contributed by atoms with Gasteiger partial charge in [0.25, 0.3) is 5.91 Å². The third-order valence-electron chi connectivity index (χ3n) is 3.29. The van der Waals surface area contributed by atoms with Crippen molar-refractivity contribution in [1.82, 2.24) is 0 Å². The molecule has 0 fully saturated rings. The van der Waals surface area contributed by atoms with Gasteiger partial charge in [-0.3, -0.25) is 4.79 Å². The van der Waals surface area contributed by atoms with Gasteiger partial charge in [0.15, 0.2) is 6.10 Å². The summed E-state index contributed by atoms with van der Waals surface area (Å²) >= 11 is 5.87. The standard InChI is InChI=1S/C17H19ClN2O2/c1-3-15(22-16-7-5-4-6-11(16)2)17(21)20-12-8-9-13(18)14(19)10-12/h4-10,15H,3,19H2,1-2H3,(H,20,21)/t15-/m0/s1. The topological polar surface area (TPSA) is 64.3 Å². The minimum Gasteiger partial charge on any atom is -0.480 e. The molecular weight excluding hydrogens is 300 g/mol. The summed E-state index contributed by atoms with van der Waals surface area (Å²) in [6.45, 7) is 3.85. The van der Waals surface area contributed by atoms with Gasteiger partial charge in [0, 0.05) is 5.69 Å². The molecule has 1 atom stereocenters. The number of carbonyl (C=O) groups is 1. The first-order chi connectivity index (χ1) is 10.5. The van der Waals surface area contributed by atoms with Gasteiger partial charge in [0.2, 0.25) is 0 Å². The second kappa shape index (κ2) is 7.18. The Morgan fingerprint density at radius 2 is 2.05 bits per heavy atom. The number of rotatable bonds is 5. The molecule has 0 radical (unpaired) electrons. The van der Waals surface area contributed by atoms with E-state index < -0.39 is 6.10 Å². The van der Waals surface area contributed by atoms with Crippen LogP contribution in [0.2, 0.25) is 5.02 Å². The zero-order valence-corrected chi connectivity index (χ0v) is 13.4. The fraction of sp³-hybridized carbons (Fsp3) is 0.235. The van der Waals surface area contributed by atoms with Gasteiger partial charge in [-0.2, -0.15) is 0 Å². The largest absolute Gasteiger partial charge is 0.480 e. The number of hydrogen-bond acceptors (Lipinski definition) is 3. The lowest BCUT2D eigenvalue weighted by molar-refractivity contribution is -0.122. The minimum absolute atomic E-state index is 0.215. The van der Waals surface area contributed by atoms with Gasteiger partial charge in [0.1, 0.15) is 5.75 Å². The summed E-state index contributed by atoms with van der Waals surface area (Å²) in [5, 5.41) is 3.26. The zero-order valence-electron chi connectivity index (χ0n) is 12.6. The van der Waals surface area contributed by atoms with Crippen molar-refractivity contribution >= 4 is 28.9 Å². The van der Waals surface area contributed by atoms with E-state index in [4.69, 9.17) is 22.1 Å². The highest BCUT2D eigenvalue weighted by Gasteiger charge is 2.19. The Morgan fingerprint density at radius 1 is 1.32 bits per heavy atom. The fourth-order valence-corrected chi connectivity index (χ4v) is 2.13. The summed E-state index contributed by atoms with van der Waals surface area (Å²) in [6, 6.07) is 12.6. The second-order valence-electron chi connectivity index (χ2n) is 5.01. The smallest absolute Gasteiger partial charge is 0.265 e. The first kappa shape index (κ1) is 16.2. The summed E-state index contributed by atoms with van der Waals surface area (Å²) in [4.78, 5) is 12.3. The van der Waals surface area contributed by atoms with E-state index >= 15 is 0 Å². The number of aryl methyl sites for hydroxylation is 1. The van der Waals surface area contributed by atoms with Crippen molar-refractivity contribution in [3.8, 4) is 5.75 Å². The summed E-state index contributed by atoms with van der Waals surface area (Å²) in [7, 11) is 0. The number of nitrogens with two attached hydrogens (primary N) is 1. The SMILES string of the molecule is CC[C@H](Oc1ccccc1C)C(=O)Nc1ccc(Cl)c(N)c1. The number of para-hydroxylation sites is 1. The van der Waals surface area contributed by atoms with Crippen molar-refractivity contribution in [2.75, 3.05) is 11.1 Å². The number of nitrogens with one attached hydrogen (secondary N) is 1. The van der Waals surface area contributed by atoms with Crippen molar-refractivity contribution in [2.45, 2.75) is 26.4 Å². The molecule has 0 saturated heterocycles. The lowest BCUT2D eigenvalue weighted by Crippen LogP contribution is -2.32. The van der Waals surface area contributed by atoms with Crippen LogP contribution in [0.1, 0.15) is 18.9 Å². The number of benzene rings is 2. The molecule has 2 rings (SSSR count). The van der Waals surface area contributed by atoms with E-state index in [0.717, 1.165) is 5.56 Å². The first-order valence-electron chi connectivity index (χ1n) is 7.09. The maximum Gasteiger partial charge on any atom is 0.265 e. The molecule has 0 aromatic heterocycles. The second-order valence-corrected chi connectivity index (χ2v) is 5.41. The molecular formula is C17H19ClN2O2. The number of ether oxygens (including phenoxy) is 1. The van der Waals surface area contributed by atoms with E-state index in [1.165, 1.54) is 0 Å². The van der Waals surface area contributed by atoms with Gasteiger partial charge in [-0.15, -0.1) is 0 Å². The Bertz CT molecular complexity index is 673. The highest BCUT2D eigenvalue weighted by atomic mass is 35.5. The molecule has 0 spiro atoms. The number of amides is 1. The number of carbonyl (C=O) groups excluding carboxylic acids is 1. The van der Waals surface area contributed by atoms with Crippen LogP contribution in [0.15, 0.2) is 42.5 Å². The fourth-order valence-electron chi connectivity index (χ4n) is 2.01. The van der Waals surface area contributed by atoms with Crippen LogP contribution in [-0.4, -0.2) is 12.0 Å². The molecule has 0 bridgehead atoms. The monoisotopic (exact) mass is 318 g/mol. The summed E-state index contributed by atoms with van der Waals surface area (Å²) in [5.74, 6) is 0.493. The molecule has 2 aromatic rings. The lowest BCUT2D eigenvalue weighted by atomic mass is 10.2. The number of anilines is 2. The van der Waals surface area contributed by atoms with Gasteiger partial charge in [-0.05, 0) is 43.2 Å². The molecule has 2 aromatic carbocycles. The van der Waals surface area contributed by atoms with Crippen LogP contribution in [-0.2, 0) is 4.79 Å². The molecule has 5 heteroatoms. The van der Waals surface area contributed by atoms with Crippen LogP contribution < -0.4 is 15.8 Å². The quantitative estimate of drug-likeness (QED) is 0.818. The van der Waals surface area contributed by atoms with Crippen molar-refractivity contribution in [3.05, 3.63) is 53.1 Å². The van der Waals surface area contributed by atoms with Crippen LogP contribution in [0.25, 0.3) is 0 Å². The molecule has 1 amide bonds. The van der Waals surface area contributed by atoms with Gasteiger partial charge >= 0.3 is 0 Å². The van der Waals surface area contributed by atoms with E-state index in [2.05, 4.69) is 5.32 Å². The Morgan fingerprint density at radius 3 is 2.68 bits per heavy atom. The maximum absolute atomic E-state index is 12.3. The molecule has 0 heterocycles. The van der Waals surface area contributed by atoms with E-state index in [9.17, 15) is 4.79 Å².